The smallest absolute Gasteiger partial charge is 0.0773 e. The van der Waals surface area contributed by atoms with Gasteiger partial charge >= 0.3 is 0 Å². The molecule has 0 saturated carbocycles. The fraction of sp³-hybridized carbons (Fsp3) is 1.00. The third kappa shape index (κ3) is 7.30. The van der Waals surface area contributed by atoms with Gasteiger partial charge in [0.05, 0.1) is 12.7 Å². The molecule has 0 spiro atoms. The number of aliphatic hydroxyl groups is 2. The van der Waals surface area contributed by atoms with E-state index in [1.54, 1.807) is 0 Å². The van der Waals surface area contributed by atoms with E-state index in [1.165, 1.54) is 0 Å². The maximum absolute atomic E-state index is 9.23. The van der Waals surface area contributed by atoms with Gasteiger partial charge in [0.1, 0.15) is 0 Å². The minimum atomic E-state index is -0.546. The second-order valence-electron chi connectivity index (χ2n) is 4.44. The summed E-state index contributed by atoms with van der Waals surface area (Å²) in [7, 11) is 0. The zero-order chi connectivity index (χ0) is 11.0. The molecule has 4 N–H and O–H groups in total. The number of hydrogen-bond acceptors (Lipinski definition) is 3. The van der Waals surface area contributed by atoms with Crippen molar-refractivity contribution in [1.29, 1.82) is 0 Å². The third-order valence-electron chi connectivity index (χ3n) is 2.70. The molecule has 2 unspecified atom stereocenters. The average Bonchev–Trinajstić information content (AvgIpc) is 2.15. The van der Waals surface area contributed by atoms with E-state index < -0.39 is 6.10 Å². The van der Waals surface area contributed by atoms with Gasteiger partial charge in [-0.2, -0.15) is 0 Å². The van der Waals surface area contributed by atoms with Crippen LogP contribution < -0.4 is 5.73 Å². The molecule has 0 aromatic rings. The van der Waals surface area contributed by atoms with Crippen molar-refractivity contribution in [2.24, 2.45) is 17.6 Å². The fourth-order valence-electron chi connectivity index (χ4n) is 1.65. The van der Waals surface area contributed by atoms with Crippen LogP contribution >= 0.6 is 0 Å². The summed E-state index contributed by atoms with van der Waals surface area (Å²) in [6.45, 7) is 4.97. The number of aliphatic hydroxyl groups excluding tert-OH is 2. The molecule has 0 aliphatic rings. The molecule has 0 bridgehead atoms. The average molecular weight is 203 g/mol. The van der Waals surface area contributed by atoms with Crippen molar-refractivity contribution in [2.75, 3.05) is 13.2 Å². The predicted octanol–water partition coefficient (Wildman–Crippen LogP) is 1.13. The largest absolute Gasteiger partial charge is 0.394 e. The van der Waals surface area contributed by atoms with E-state index in [9.17, 15) is 5.11 Å². The Morgan fingerprint density at radius 2 is 1.64 bits per heavy atom. The van der Waals surface area contributed by atoms with Crippen molar-refractivity contribution in [3.05, 3.63) is 0 Å². The van der Waals surface area contributed by atoms with Gasteiger partial charge in [-0.25, -0.2) is 0 Å². The molecule has 0 aromatic carbocycles. The topological polar surface area (TPSA) is 66.5 Å². The van der Waals surface area contributed by atoms with E-state index in [0.717, 1.165) is 25.8 Å². The number of hydrogen-bond donors (Lipinski definition) is 3. The van der Waals surface area contributed by atoms with Crippen LogP contribution in [0.25, 0.3) is 0 Å². The summed E-state index contributed by atoms with van der Waals surface area (Å²) in [5.74, 6) is 1.16. The van der Waals surface area contributed by atoms with E-state index in [1.807, 2.05) is 0 Å². The van der Waals surface area contributed by atoms with Gasteiger partial charge in [0.15, 0.2) is 0 Å². The Balaban J connectivity index is 3.47. The highest BCUT2D eigenvalue weighted by Crippen LogP contribution is 2.18. The fourth-order valence-corrected chi connectivity index (χ4v) is 1.65. The molecule has 0 radical (unpaired) electrons. The quantitative estimate of drug-likeness (QED) is 0.554. The minimum absolute atomic E-state index is 0.122. The summed E-state index contributed by atoms with van der Waals surface area (Å²) in [6.07, 6.45) is 3.50. The Kier molecular flexibility index (Phi) is 8.14. The van der Waals surface area contributed by atoms with Crippen molar-refractivity contribution in [2.45, 2.75) is 45.6 Å². The first-order valence-corrected chi connectivity index (χ1v) is 5.59. The Hall–Kier alpha value is -0.120. The molecule has 0 heterocycles. The van der Waals surface area contributed by atoms with E-state index in [2.05, 4.69) is 13.8 Å². The summed E-state index contributed by atoms with van der Waals surface area (Å²) in [4.78, 5) is 0. The van der Waals surface area contributed by atoms with Gasteiger partial charge in [0.25, 0.3) is 0 Å². The lowest BCUT2D eigenvalue weighted by Gasteiger charge is -2.16. The van der Waals surface area contributed by atoms with Crippen molar-refractivity contribution < 1.29 is 10.2 Å². The molecule has 0 amide bonds. The first-order valence-electron chi connectivity index (χ1n) is 5.59. The highest BCUT2D eigenvalue weighted by Gasteiger charge is 2.10. The van der Waals surface area contributed by atoms with Crippen LogP contribution in [0.2, 0.25) is 0 Å². The van der Waals surface area contributed by atoms with Gasteiger partial charge in [-0.05, 0) is 31.2 Å². The van der Waals surface area contributed by atoms with Crippen LogP contribution in [0, 0.1) is 11.8 Å². The lowest BCUT2D eigenvalue weighted by Crippen LogP contribution is -2.16. The van der Waals surface area contributed by atoms with Crippen LogP contribution in [-0.2, 0) is 0 Å². The minimum Gasteiger partial charge on any atom is -0.394 e. The Morgan fingerprint density at radius 1 is 1.07 bits per heavy atom. The zero-order valence-electron chi connectivity index (χ0n) is 9.45. The monoisotopic (exact) mass is 203 g/mol. The van der Waals surface area contributed by atoms with E-state index >= 15 is 0 Å². The molecule has 0 aromatic heterocycles. The van der Waals surface area contributed by atoms with Crippen molar-refractivity contribution in [3.63, 3.8) is 0 Å². The maximum Gasteiger partial charge on any atom is 0.0773 e. The van der Waals surface area contributed by atoms with Gasteiger partial charge in [0, 0.05) is 0 Å². The molecular weight excluding hydrogens is 178 g/mol. The molecule has 0 saturated heterocycles. The van der Waals surface area contributed by atoms with Crippen LogP contribution in [0.3, 0.4) is 0 Å². The second kappa shape index (κ2) is 8.21. The van der Waals surface area contributed by atoms with E-state index in [0.29, 0.717) is 18.3 Å². The lowest BCUT2D eigenvalue weighted by molar-refractivity contribution is 0.0742. The van der Waals surface area contributed by atoms with Crippen molar-refractivity contribution in [1.82, 2.24) is 0 Å². The Labute approximate surface area is 87.3 Å². The standard InChI is InChI=1S/C11H25NO2/c1-9(5-6-12)3-4-10(2)7-11(14)8-13/h9-11,13-14H,3-8,12H2,1-2H3/t9?,10?,11-/m0/s1. The van der Waals surface area contributed by atoms with Gasteiger partial charge < -0.3 is 15.9 Å². The maximum atomic E-state index is 9.23. The lowest BCUT2D eigenvalue weighted by atomic mass is 9.92. The molecule has 86 valence electrons. The predicted molar refractivity (Wildman–Crippen MR) is 58.9 cm³/mol. The summed E-state index contributed by atoms with van der Waals surface area (Å²) < 4.78 is 0. The van der Waals surface area contributed by atoms with Gasteiger partial charge in [-0.15, -0.1) is 0 Å². The SMILES string of the molecule is CC(CCN)CCC(C)C[C@H](O)CO. The van der Waals surface area contributed by atoms with Crippen LogP contribution in [0.1, 0.15) is 39.5 Å². The highest BCUT2D eigenvalue weighted by atomic mass is 16.3. The molecule has 0 rings (SSSR count). The first kappa shape index (κ1) is 13.9. The molecule has 14 heavy (non-hydrogen) atoms. The highest BCUT2D eigenvalue weighted by molar-refractivity contribution is 4.63. The molecule has 3 atom stereocenters. The van der Waals surface area contributed by atoms with Crippen molar-refractivity contribution in [3.8, 4) is 0 Å². The summed E-state index contributed by atoms with van der Waals surface area (Å²) >= 11 is 0. The summed E-state index contributed by atoms with van der Waals surface area (Å²) in [6, 6.07) is 0. The number of nitrogens with two attached hydrogens (primary N) is 1. The molecule has 3 heteroatoms. The van der Waals surface area contributed by atoms with Gasteiger partial charge in [-0.3, -0.25) is 0 Å². The van der Waals surface area contributed by atoms with Crippen molar-refractivity contribution >= 4 is 0 Å². The normalized spacial score (nSPS) is 17.8. The molecule has 3 nitrogen and oxygen atoms in total. The summed E-state index contributed by atoms with van der Waals surface area (Å²) in [5, 5.41) is 17.9. The molecule has 0 fully saturated rings. The van der Waals surface area contributed by atoms with Crippen LogP contribution in [0.15, 0.2) is 0 Å². The Morgan fingerprint density at radius 3 is 2.14 bits per heavy atom. The van der Waals surface area contributed by atoms with Crippen LogP contribution in [-0.4, -0.2) is 29.5 Å². The van der Waals surface area contributed by atoms with Crippen LogP contribution in [0.5, 0.6) is 0 Å². The summed E-state index contributed by atoms with van der Waals surface area (Å²) in [5.41, 5.74) is 5.47. The molecule has 0 aliphatic heterocycles. The molecule has 0 aliphatic carbocycles. The van der Waals surface area contributed by atoms with Gasteiger partial charge in [0.2, 0.25) is 0 Å². The number of rotatable bonds is 8. The first-order chi connectivity index (χ1) is 6.60. The Bertz CT molecular complexity index is 130. The second-order valence-corrected chi connectivity index (χ2v) is 4.44. The van der Waals surface area contributed by atoms with Gasteiger partial charge in [-0.1, -0.05) is 26.7 Å². The van der Waals surface area contributed by atoms with Crippen LogP contribution in [0.4, 0.5) is 0 Å². The van der Waals surface area contributed by atoms with E-state index in [4.69, 9.17) is 10.8 Å². The zero-order valence-corrected chi connectivity index (χ0v) is 9.45. The van der Waals surface area contributed by atoms with E-state index in [-0.39, 0.29) is 6.61 Å². The molecular formula is C11H25NO2. The third-order valence-corrected chi connectivity index (χ3v) is 2.70.